The Bertz CT molecular complexity index is 562. The molecule has 1 saturated carbocycles. The lowest BCUT2D eigenvalue weighted by Crippen LogP contribution is -2.52. The van der Waals surface area contributed by atoms with Crippen LogP contribution >= 0.6 is 15.9 Å². The summed E-state index contributed by atoms with van der Waals surface area (Å²) < 4.78 is 0.945. The number of rotatable bonds is 3. The van der Waals surface area contributed by atoms with Crippen molar-refractivity contribution in [1.29, 1.82) is 0 Å². The number of aliphatic carboxylic acids is 1. The average Bonchev–Trinajstić information content (AvgIpc) is 2.83. The van der Waals surface area contributed by atoms with Gasteiger partial charge in [-0.05, 0) is 49.9 Å². The van der Waals surface area contributed by atoms with Crippen LogP contribution in [0.3, 0.4) is 0 Å². The highest BCUT2D eigenvalue weighted by molar-refractivity contribution is 9.10. The van der Waals surface area contributed by atoms with E-state index in [2.05, 4.69) is 21.2 Å². The predicted octanol–water partition coefficient (Wildman–Crippen LogP) is 3.19. The summed E-state index contributed by atoms with van der Waals surface area (Å²) in [6.45, 7) is 3.75. The number of carbonyl (C=O) groups excluding carboxylic acids is 1. The third kappa shape index (κ3) is 2.73. The quantitative estimate of drug-likeness (QED) is 0.888. The minimum Gasteiger partial charge on any atom is -0.480 e. The number of benzene rings is 1. The number of nitrogens with one attached hydrogen (secondary N) is 1. The van der Waals surface area contributed by atoms with E-state index in [0.717, 1.165) is 28.4 Å². The summed E-state index contributed by atoms with van der Waals surface area (Å²) in [5.41, 5.74) is 1.23. The first-order valence-corrected chi connectivity index (χ1v) is 7.48. The number of halogens is 1. The highest BCUT2D eigenvalue weighted by Crippen LogP contribution is 2.31. The van der Waals surface area contributed by atoms with Gasteiger partial charge in [0.05, 0.1) is 0 Å². The number of carbonyl (C=O) groups is 2. The molecule has 0 aliphatic heterocycles. The Balaban J connectivity index is 2.28. The van der Waals surface area contributed by atoms with E-state index < -0.39 is 11.5 Å². The van der Waals surface area contributed by atoms with Gasteiger partial charge in [-0.3, -0.25) is 4.79 Å². The summed E-state index contributed by atoms with van der Waals surface area (Å²) in [6.07, 6.45) is 2.68. The van der Waals surface area contributed by atoms with E-state index in [1.165, 1.54) is 0 Å². The zero-order valence-electron chi connectivity index (χ0n) is 11.6. The van der Waals surface area contributed by atoms with Crippen molar-refractivity contribution in [2.75, 3.05) is 0 Å². The third-order valence-corrected chi connectivity index (χ3v) is 4.82. The van der Waals surface area contributed by atoms with Crippen molar-refractivity contribution in [3.63, 3.8) is 0 Å². The Hall–Kier alpha value is -1.36. The van der Waals surface area contributed by atoms with Gasteiger partial charge in [-0.1, -0.05) is 28.8 Å². The van der Waals surface area contributed by atoms with Gasteiger partial charge in [0.25, 0.3) is 5.91 Å². The molecular weight excluding hydrogens is 322 g/mol. The molecule has 108 valence electrons. The molecule has 1 aromatic rings. The zero-order valence-corrected chi connectivity index (χ0v) is 13.2. The molecule has 0 heterocycles. The van der Waals surface area contributed by atoms with Crippen molar-refractivity contribution in [3.8, 4) is 0 Å². The summed E-state index contributed by atoms with van der Waals surface area (Å²) in [4.78, 5) is 23.9. The lowest BCUT2D eigenvalue weighted by Gasteiger charge is -2.25. The monoisotopic (exact) mass is 339 g/mol. The minimum absolute atomic E-state index is 0.303. The van der Waals surface area contributed by atoms with Gasteiger partial charge in [0.15, 0.2) is 0 Å². The minimum atomic E-state index is -1.09. The van der Waals surface area contributed by atoms with Gasteiger partial charge >= 0.3 is 5.97 Å². The molecule has 5 heteroatoms. The molecular formula is C15H18BrNO3. The molecule has 0 radical (unpaired) electrons. The Morgan fingerprint density at radius 3 is 2.35 bits per heavy atom. The van der Waals surface area contributed by atoms with Gasteiger partial charge in [-0.15, -0.1) is 0 Å². The number of hydrogen-bond donors (Lipinski definition) is 2. The second-order valence-corrected chi connectivity index (χ2v) is 6.32. The summed E-state index contributed by atoms with van der Waals surface area (Å²) >= 11 is 3.43. The molecule has 0 spiro atoms. The molecule has 0 bridgehead atoms. The highest BCUT2D eigenvalue weighted by atomic mass is 79.9. The Labute approximate surface area is 126 Å². The van der Waals surface area contributed by atoms with Crippen molar-refractivity contribution < 1.29 is 14.7 Å². The van der Waals surface area contributed by atoms with E-state index in [9.17, 15) is 14.7 Å². The molecule has 20 heavy (non-hydrogen) atoms. The van der Waals surface area contributed by atoms with E-state index in [0.29, 0.717) is 18.4 Å². The molecule has 1 amide bonds. The summed E-state index contributed by atoms with van der Waals surface area (Å²) in [7, 11) is 0. The molecule has 4 nitrogen and oxygen atoms in total. The Kier molecular flexibility index (Phi) is 4.18. The van der Waals surface area contributed by atoms with Crippen LogP contribution < -0.4 is 5.32 Å². The standard InChI is InChI=1S/C15H18BrNO3/c1-9-8-12(16)10(2)7-11(9)13(18)17-15(14(19)20)5-3-4-6-15/h7-8H,3-6H2,1-2H3,(H,17,18)(H,19,20). The SMILES string of the molecule is Cc1cc(C(=O)NC2(C(=O)O)CCCC2)c(C)cc1Br. The molecule has 1 aliphatic rings. The van der Waals surface area contributed by atoms with Crippen molar-refractivity contribution in [1.82, 2.24) is 5.32 Å². The van der Waals surface area contributed by atoms with Crippen LogP contribution in [0.2, 0.25) is 0 Å². The molecule has 0 aromatic heterocycles. The fourth-order valence-electron chi connectivity index (χ4n) is 2.68. The van der Waals surface area contributed by atoms with E-state index in [-0.39, 0.29) is 5.91 Å². The molecule has 1 aliphatic carbocycles. The Morgan fingerprint density at radius 2 is 1.80 bits per heavy atom. The first kappa shape index (κ1) is 15.0. The van der Waals surface area contributed by atoms with E-state index in [4.69, 9.17) is 0 Å². The third-order valence-electron chi connectivity index (χ3n) is 3.97. The van der Waals surface area contributed by atoms with Crippen LogP contribution in [0.5, 0.6) is 0 Å². The van der Waals surface area contributed by atoms with E-state index in [1.54, 1.807) is 6.07 Å². The number of carboxylic acid groups (broad SMARTS) is 1. The van der Waals surface area contributed by atoms with E-state index in [1.807, 2.05) is 19.9 Å². The first-order valence-electron chi connectivity index (χ1n) is 6.68. The number of amides is 1. The molecule has 2 rings (SSSR count). The molecule has 2 N–H and O–H groups in total. The van der Waals surface area contributed by atoms with Crippen LogP contribution in [0.4, 0.5) is 0 Å². The predicted molar refractivity (Wildman–Crippen MR) is 79.9 cm³/mol. The van der Waals surface area contributed by atoms with Crippen molar-refractivity contribution in [2.45, 2.75) is 45.1 Å². The summed E-state index contributed by atoms with van der Waals surface area (Å²) in [6, 6.07) is 3.67. The van der Waals surface area contributed by atoms with Crippen molar-refractivity contribution >= 4 is 27.8 Å². The molecule has 1 aromatic carbocycles. The summed E-state index contributed by atoms with van der Waals surface area (Å²) in [5, 5.41) is 12.1. The number of aryl methyl sites for hydroxylation is 2. The molecule has 0 saturated heterocycles. The van der Waals surface area contributed by atoms with Gasteiger partial charge in [0.2, 0.25) is 0 Å². The van der Waals surface area contributed by atoms with Crippen LogP contribution in [-0.2, 0) is 4.79 Å². The van der Waals surface area contributed by atoms with Gasteiger partial charge < -0.3 is 10.4 Å². The van der Waals surface area contributed by atoms with Gasteiger partial charge in [-0.25, -0.2) is 4.79 Å². The van der Waals surface area contributed by atoms with Crippen LogP contribution in [0, 0.1) is 13.8 Å². The van der Waals surface area contributed by atoms with Crippen LogP contribution in [0.1, 0.15) is 47.2 Å². The van der Waals surface area contributed by atoms with Gasteiger partial charge in [0.1, 0.15) is 5.54 Å². The van der Waals surface area contributed by atoms with Crippen LogP contribution in [0.15, 0.2) is 16.6 Å². The number of carboxylic acids is 1. The maximum Gasteiger partial charge on any atom is 0.329 e. The maximum atomic E-state index is 12.4. The molecule has 0 unspecified atom stereocenters. The van der Waals surface area contributed by atoms with Gasteiger partial charge in [0, 0.05) is 10.0 Å². The average molecular weight is 340 g/mol. The lowest BCUT2D eigenvalue weighted by atomic mass is 9.96. The fraction of sp³-hybridized carbons (Fsp3) is 0.467. The summed E-state index contributed by atoms with van der Waals surface area (Å²) in [5.74, 6) is -1.24. The largest absolute Gasteiger partial charge is 0.480 e. The van der Waals surface area contributed by atoms with Crippen LogP contribution in [0.25, 0.3) is 0 Å². The fourth-order valence-corrected chi connectivity index (χ4v) is 3.14. The van der Waals surface area contributed by atoms with Gasteiger partial charge in [-0.2, -0.15) is 0 Å². The normalized spacial score (nSPS) is 16.9. The van der Waals surface area contributed by atoms with E-state index >= 15 is 0 Å². The second kappa shape index (κ2) is 5.56. The highest BCUT2D eigenvalue weighted by Gasteiger charge is 2.42. The number of hydrogen-bond acceptors (Lipinski definition) is 2. The van der Waals surface area contributed by atoms with Crippen molar-refractivity contribution in [2.24, 2.45) is 0 Å². The van der Waals surface area contributed by atoms with Crippen molar-refractivity contribution in [3.05, 3.63) is 33.3 Å². The Morgan fingerprint density at radius 1 is 1.20 bits per heavy atom. The second-order valence-electron chi connectivity index (χ2n) is 5.46. The topological polar surface area (TPSA) is 66.4 Å². The molecule has 0 atom stereocenters. The van der Waals surface area contributed by atoms with Crippen LogP contribution in [-0.4, -0.2) is 22.5 Å². The smallest absolute Gasteiger partial charge is 0.329 e. The first-order chi connectivity index (χ1) is 9.35. The lowest BCUT2D eigenvalue weighted by molar-refractivity contribution is -0.144. The molecule has 1 fully saturated rings. The zero-order chi connectivity index (χ0) is 14.9. The maximum absolute atomic E-state index is 12.4.